The summed E-state index contributed by atoms with van der Waals surface area (Å²) in [4.78, 5) is 29.2. The third-order valence-corrected chi connectivity index (χ3v) is 5.76. The summed E-state index contributed by atoms with van der Waals surface area (Å²) in [6.45, 7) is 0.282. The molecule has 1 N–H and O–H groups in total. The maximum atomic E-state index is 12.9. The average Bonchev–Trinajstić information content (AvgIpc) is 2.87. The highest BCUT2D eigenvalue weighted by Gasteiger charge is 2.30. The molecule has 3 aromatic rings. The predicted octanol–water partition coefficient (Wildman–Crippen LogP) is 4.52. The summed E-state index contributed by atoms with van der Waals surface area (Å²) in [5, 5.41) is 12.4. The number of rotatable bonds is 5. The van der Waals surface area contributed by atoms with Crippen molar-refractivity contribution in [1.29, 1.82) is 0 Å². The van der Waals surface area contributed by atoms with Gasteiger partial charge < -0.3 is 10.1 Å². The van der Waals surface area contributed by atoms with E-state index in [2.05, 4.69) is 20.5 Å². The number of pyridine rings is 1. The fourth-order valence-electron chi connectivity index (χ4n) is 4.08. The number of carbonyl (C=O) groups is 2. The molecular formula is C26H20N4O3. The van der Waals surface area contributed by atoms with E-state index in [0.29, 0.717) is 5.57 Å². The number of allylic oxidation sites excluding steroid dienone is 3. The van der Waals surface area contributed by atoms with Crippen LogP contribution in [-0.2, 0) is 16.1 Å². The molecule has 1 unspecified atom stereocenters. The predicted molar refractivity (Wildman–Crippen MR) is 124 cm³/mol. The third kappa shape index (κ3) is 3.85. The van der Waals surface area contributed by atoms with E-state index >= 15 is 0 Å². The first-order valence-corrected chi connectivity index (χ1v) is 10.5. The van der Waals surface area contributed by atoms with Gasteiger partial charge in [0, 0.05) is 29.9 Å². The molecule has 2 aliphatic rings. The number of benzene rings is 2. The first-order valence-electron chi connectivity index (χ1n) is 10.5. The Hall–Kier alpha value is -4.39. The summed E-state index contributed by atoms with van der Waals surface area (Å²) in [5.41, 5.74) is 3.73. The first kappa shape index (κ1) is 20.5. The number of fused-ring (bicyclic) bond motifs is 2. The molecule has 7 heteroatoms. The zero-order valence-electron chi connectivity index (χ0n) is 17.9. The molecule has 0 spiro atoms. The molecular weight excluding hydrogens is 416 g/mol. The van der Waals surface area contributed by atoms with Crippen LogP contribution in [0.15, 0.2) is 101 Å². The number of nitrogens with zero attached hydrogens (tertiary/aromatic N) is 3. The van der Waals surface area contributed by atoms with Crippen LogP contribution in [0.3, 0.4) is 0 Å². The molecule has 33 heavy (non-hydrogen) atoms. The van der Waals surface area contributed by atoms with E-state index in [4.69, 9.17) is 4.74 Å². The summed E-state index contributed by atoms with van der Waals surface area (Å²) in [5.74, 6) is -0.515. The van der Waals surface area contributed by atoms with Gasteiger partial charge in [0.15, 0.2) is 5.70 Å². The van der Waals surface area contributed by atoms with Gasteiger partial charge in [-0.1, -0.05) is 48.6 Å². The van der Waals surface area contributed by atoms with Crippen LogP contribution >= 0.6 is 0 Å². The van der Waals surface area contributed by atoms with E-state index in [-0.39, 0.29) is 24.1 Å². The lowest BCUT2D eigenvalue weighted by atomic mass is 9.91. The molecule has 2 amide bonds. The van der Waals surface area contributed by atoms with Crippen LogP contribution in [0.1, 0.15) is 5.56 Å². The average molecular weight is 436 g/mol. The van der Waals surface area contributed by atoms with Gasteiger partial charge in [-0.2, -0.15) is 0 Å². The summed E-state index contributed by atoms with van der Waals surface area (Å²) >= 11 is 0. The monoisotopic (exact) mass is 436 g/mol. The van der Waals surface area contributed by atoms with Crippen LogP contribution < -0.4 is 10.1 Å². The summed E-state index contributed by atoms with van der Waals surface area (Å²) in [6, 6.07) is 13.9. The Morgan fingerprint density at radius 3 is 2.88 bits per heavy atom. The lowest BCUT2D eigenvalue weighted by molar-refractivity contribution is -0.120. The molecule has 0 fully saturated rings. The summed E-state index contributed by atoms with van der Waals surface area (Å²) < 4.78 is 5.37. The molecule has 7 nitrogen and oxygen atoms in total. The Labute approximate surface area is 190 Å². The SMILES string of the molecule is COc1cccc(-c2ccc(CNC(=O)C3=C4C=CC=CC4C(=O)N=N3)c3cnccc23)c1. The molecule has 0 saturated carbocycles. The number of amides is 2. The Balaban J connectivity index is 1.44. The van der Waals surface area contributed by atoms with E-state index in [9.17, 15) is 9.59 Å². The topological polar surface area (TPSA) is 93.0 Å². The number of hydrogen-bond donors (Lipinski definition) is 1. The second kappa shape index (κ2) is 8.63. The Bertz CT molecular complexity index is 1400. The van der Waals surface area contributed by atoms with Gasteiger partial charge in [0.25, 0.3) is 11.8 Å². The fourth-order valence-corrected chi connectivity index (χ4v) is 4.08. The van der Waals surface area contributed by atoms with Gasteiger partial charge >= 0.3 is 0 Å². The Morgan fingerprint density at radius 1 is 1.09 bits per heavy atom. The second-order valence-electron chi connectivity index (χ2n) is 7.67. The molecule has 0 bridgehead atoms. The second-order valence-corrected chi connectivity index (χ2v) is 7.67. The van der Waals surface area contributed by atoms with Crippen molar-refractivity contribution >= 4 is 22.6 Å². The third-order valence-electron chi connectivity index (χ3n) is 5.76. The van der Waals surface area contributed by atoms with Crippen LogP contribution in [-0.4, -0.2) is 23.9 Å². The van der Waals surface area contributed by atoms with Gasteiger partial charge in [0.05, 0.1) is 13.0 Å². The van der Waals surface area contributed by atoms with E-state index in [1.165, 1.54) is 0 Å². The van der Waals surface area contributed by atoms with Crippen molar-refractivity contribution in [1.82, 2.24) is 10.3 Å². The number of hydrogen-bond acceptors (Lipinski definition) is 5. The highest BCUT2D eigenvalue weighted by atomic mass is 16.5. The number of carbonyl (C=O) groups excluding carboxylic acids is 2. The van der Waals surface area contributed by atoms with Crippen molar-refractivity contribution in [3.8, 4) is 16.9 Å². The van der Waals surface area contributed by atoms with E-state index < -0.39 is 5.92 Å². The molecule has 2 heterocycles. The van der Waals surface area contributed by atoms with Crippen molar-refractivity contribution in [2.24, 2.45) is 16.1 Å². The van der Waals surface area contributed by atoms with Crippen molar-refractivity contribution in [2.75, 3.05) is 7.11 Å². The van der Waals surface area contributed by atoms with Crippen LogP contribution in [0.2, 0.25) is 0 Å². The lowest BCUT2D eigenvalue weighted by Crippen LogP contribution is -2.28. The first-order chi connectivity index (χ1) is 16.2. The van der Waals surface area contributed by atoms with E-state index in [0.717, 1.165) is 33.2 Å². The van der Waals surface area contributed by atoms with Gasteiger partial charge in [-0.15, -0.1) is 10.2 Å². The maximum Gasteiger partial charge on any atom is 0.276 e. The molecule has 1 aliphatic heterocycles. The Morgan fingerprint density at radius 2 is 2.00 bits per heavy atom. The highest BCUT2D eigenvalue weighted by molar-refractivity contribution is 6.00. The minimum absolute atomic E-state index is 0.163. The fraction of sp³-hybridized carbons (Fsp3) is 0.115. The number of nitrogens with one attached hydrogen (secondary N) is 1. The van der Waals surface area contributed by atoms with Gasteiger partial charge in [0.1, 0.15) is 5.75 Å². The number of methoxy groups -OCH3 is 1. The van der Waals surface area contributed by atoms with E-state index in [1.54, 1.807) is 43.8 Å². The number of azo groups is 1. The van der Waals surface area contributed by atoms with Crippen molar-refractivity contribution in [2.45, 2.75) is 6.54 Å². The van der Waals surface area contributed by atoms with Gasteiger partial charge in [0.2, 0.25) is 0 Å². The van der Waals surface area contributed by atoms with Crippen LogP contribution in [0.5, 0.6) is 5.75 Å². The van der Waals surface area contributed by atoms with Gasteiger partial charge in [-0.25, -0.2) is 0 Å². The molecule has 0 radical (unpaired) electrons. The van der Waals surface area contributed by atoms with Crippen LogP contribution in [0.25, 0.3) is 21.9 Å². The molecule has 1 aromatic heterocycles. The molecule has 2 aromatic carbocycles. The van der Waals surface area contributed by atoms with Crippen LogP contribution in [0.4, 0.5) is 0 Å². The number of ether oxygens (including phenoxy) is 1. The molecule has 5 rings (SSSR count). The molecule has 0 saturated heterocycles. The highest BCUT2D eigenvalue weighted by Crippen LogP contribution is 2.32. The standard InChI is InChI=1S/C26H20N4O3/c1-33-18-6-4-5-16(13-18)19-10-9-17(23-15-27-12-11-20(19)23)14-28-26(32)24-21-7-2-3-8-22(21)25(31)30-29-24/h2-13,15,22H,14H2,1H3,(H,28,32). The molecule has 162 valence electrons. The van der Waals surface area contributed by atoms with Crippen molar-refractivity contribution in [3.63, 3.8) is 0 Å². The van der Waals surface area contributed by atoms with E-state index in [1.807, 2.05) is 42.5 Å². The smallest absolute Gasteiger partial charge is 0.276 e. The molecule has 1 aliphatic carbocycles. The summed E-state index contributed by atoms with van der Waals surface area (Å²) in [7, 11) is 1.65. The maximum absolute atomic E-state index is 12.9. The molecule has 1 atom stereocenters. The van der Waals surface area contributed by atoms with Crippen molar-refractivity contribution in [3.05, 3.63) is 96.0 Å². The minimum atomic E-state index is -0.555. The minimum Gasteiger partial charge on any atom is -0.497 e. The zero-order valence-corrected chi connectivity index (χ0v) is 17.9. The van der Waals surface area contributed by atoms with Gasteiger partial charge in [-0.3, -0.25) is 14.6 Å². The van der Waals surface area contributed by atoms with Crippen molar-refractivity contribution < 1.29 is 14.3 Å². The summed E-state index contributed by atoms with van der Waals surface area (Å²) in [6.07, 6.45) is 10.6. The zero-order chi connectivity index (χ0) is 22.8. The Kier molecular flexibility index (Phi) is 5.36. The lowest BCUT2D eigenvalue weighted by Gasteiger charge is -2.19. The quantitative estimate of drug-likeness (QED) is 0.637. The largest absolute Gasteiger partial charge is 0.497 e. The van der Waals surface area contributed by atoms with Gasteiger partial charge in [-0.05, 0) is 40.3 Å². The number of aromatic nitrogens is 1. The normalized spacial score (nSPS) is 16.8. The van der Waals surface area contributed by atoms with Crippen LogP contribution in [0, 0.1) is 5.92 Å².